The molecule has 0 N–H and O–H groups in total. The standard InChI is InChI=1S/C69H112O6/c1-4-7-10-13-15-17-19-21-23-25-26-27-28-29-30-31-32-33-34-35-36-37-38-39-40-41-42-44-45-47-49-51-53-56-59-62-68(71)74-65-66(64-73-67(70)61-58-55-12-9-6-3)75-69(72)63-60-57-54-52-50-48-46-43-24-22-20-18-16-14-11-8-5-2/h7-8,10-11,15-18,21-24,26-27,29-30,32-33,35-36,38-39,66H,4-6,9,12-14,19-20,25,28,31,34,37,40-65H2,1-3H3/b10-7-,11-8-,17-15-,18-16-,23-21-,24-22-,27-26-,30-29-,33-32-,36-35-,39-38-. The van der Waals surface area contributed by atoms with Crippen LogP contribution in [0, 0.1) is 0 Å². The summed E-state index contributed by atoms with van der Waals surface area (Å²) in [5.74, 6) is -0.916. The van der Waals surface area contributed by atoms with Crippen molar-refractivity contribution in [2.24, 2.45) is 0 Å². The summed E-state index contributed by atoms with van der Waals surface area (Å²) in [6, 6.07) is 0. The number of rotatable bonds is 54. The van der Waals surface area contributed by atoms with Crippen LogP contribution < -0.4 is 0 Å². The predicted octanol–water partition coefficient (Wildman–Crippen LogP) is 21.0. The van der Waals surface area contributed by atoms with E-state index in [0.717, 1.165) is 141 Å². The zero-order valence-corrected chi connectivity index (χ0v) is 48.5. The molecule has 0 saturated carbocycles. The fourth-order valence-corrected chi connectivity index (χ4v) is 8.12. The van der Waals surface area contributed by atoms with Crippen LogP contribution in [0.25, 0.3) is 0 Å². The second-order valence-electron chi connectivity index (χ2n) is 19.9. The van der Waals surface area contributed by atoms with Crippen molar-refractivity contribution in [3.8, 4) is 0 Å². The lowest BCUT2D eigenvalue weighted by Gasteiger charge is -2.18. The highest BCUT2D eigenvalue weighted by molar-refractivity contribution is 5.71. The van der Waals surface area contributed by atoms with Gasteiger partial charge in [-0.05, 0) is 116 Å². The molecule has 6 heteroatoms. The van der Waals surface area contributed by atoms with E-state index in [1.54, 1.807) is 0 Å². The largest absolute Gasteiger partial charge is 0.462 e. The fourth-order valence-electron chi connectivity index (χ4n) is 8.12. The molecule has 75 heavy (non-hydrogen) atoms. The van der Waals surface area contributed by atoms with Crippen LogP contribution in [0.2, 0.25) is 0 Å². The molecule has 0 fully saturated rings. The molecule has 0 amide bonds. The van der Waals surface area contributed by atoms with E-state index in [-0.39, 0.29) is 31.1 Å². The number of carbonyl (C=O) groups is 3. The van der Waals surface area contributed by atoms with E-state index >= 15 is 0 Å². The van der Waals surface area contributed by atoms with Crippen molar-refractivity contribution >= 4 is 17.9 Å². The van der Waals surface area contributed by atoms with E-state index in [1.807, 2.05) is 0 Å². The molecule has 424 valence electrons. The Labute approximate surface area is 462 Å². The van der Waals surface area contributed by atoms with Gasteiger partial charge in [-0.25, -0.2) is 0 Å². The lowest BCUT2D eigenvalue weighted by molar-refractivity contribution is -0.167. The van der Waals surface area contributed by atoms with E-state index in [0.29, 0.717) is 19.3 Å². The molecule has 0 aromatic carbocycles. The summed E-state index contributed by atoms with van der Waals surface area (Å²) in [7, 11) is 0. The highest BCUT2D eigenvalue weighted by Gasteiger charge is 2.19. The molecule has 0 aliphatic carbocycles. The Kier molecular flexibility index (Phi) is 58.4. The van der Waals surface area contributed by atoms with Gasteiger partial charge in [0.05, 0.1) is 0 Å². The summed E-state index contributed by atoms with van der Waals surface area (Å²) < 4.78 is 16.7. The normalized spacial score (nSPS) is 13.1. The molecule has 0 aliphatic rings. The molecule has 0 radical (unpaired) electrons. The van der Waals surface area contributed by atoms with Gasteiger partial charge in [-0.15, -0.1) is 0 Å². The van der Waals surface area contributed by atoms with Crippen molar-refractivity contribution in [1.29, 1.82) is 0 Å². The summed E-state index contributed by atoms with van der Waals surface area (Å²) in [4.78, 5) is 37.8. The average Bonchev–Trinajstić information content (AvgIpc) is 3.41. The number of ether oxygens (including phenoxy) is 3. The average molecular weight is 1040 g/mol. The molecular formula is C69H112O6. The van der Waals surface area contributed by atoms with Gasteiger partial charge in [0.15, 0.2) is 6.10 Å². The molecule has 0 saturated heterocycles. The number of unbranched alkanes of at least 4 members (excludes halogenated alkanes) is 21. The van der Waals surface area contributed by atoms with Crippen LogP contribution in [-0.4, -0.2) is 37.2 Å². The Hall–Kier alpha value is -4.45. The maximum absolute atomic E-state index is 12.8. The van der Waals surface area contributed by atoms with Gasteiger partial charge in [0.1, 0.15) is 13.2 Å². The van der Waals surface area contributed by atoms with E-state index in [1.165, 1.54) is 83.5 Å². The summed E-state index contributed by atoms with van der Waals surface area (Å²) >= 11 is 0. The second-order valence-corrected chi connectivity index (χ2v) is 19.9. The third kappa shape index (κ3) is 60.3. The Morgan fingerprint density at radius 3 is 0.813 bits per heavy atom. The molecule has 0 rings (SSSR count). The van der Waals surface area contributed by atoms with Crippen LogP contribution in [0.1, 0.15) is 265 Å². The first-order valence-electron chi connectivity index (χ1n) is 30.7. The summed E-state index contributed by atoms with van der Waals surface area (Å²) in [5, 5.41) is 0. The first-order chi connectivity index (χ1) is 37.0. The highest BCUT2D eigenvalue weighted by atomic mass is 16.6. The molecule has 0 aromatic rings. The number of hydrogen-bond donors (Lipinski definition) is 0. The van der Waals surface area contributed by atoms with Gasteiger partial charge >= 0.3 is 17.9 Å². The van der Waals surface area contributed by atoms with E-state index in [9.17, 15) is 14.4 Å². The molecule has 0 heterocycles. The lowest BCUT2D eigenvalue weighted by atomic mass is 10.1. The number of hydrogen-bond acceptors (Lipinski definition) is 6. The minimum atomic E-state index is -0.784. The van der Waals surface area contributed by atoms with Crippen LogP contribution in [0.4, 0.5) is 0 Å². The Morgan fingerprint density at radius 2 is 0.520 bits per heavy atom. The van der Waals surface area contributed by atoms with E-state index < -0.39 is 6.10 Å². The van der Waals surface area contributed by atoms with Crippen LogP contribution >= 0.6 is 0 Å². The molecule has 1 unspecified atom stereocenters. The van der Waals surface area contributed by atoms with Crippen LogP contribution in [0.3, 0.4) is 0 Å². The highest BCUT2D eigenvalue weighted by Crippen LogP contribution is 2.15. The first kappa shape index (κ1) is 70.5. The molecule has 0 aliphatic heterocycles. The van der Waals surface area contributed by atoms with Crippen molar-refractivity contribution < 1.29 is 28.6 Å². The molecule has 0 aromatic heterocycles. The zero-order valence-electron chi connectivity index (χ0n) is 48.5. The zero-order chi connectivity index (χ0) is 54.3. The number of esters is 3. The quantitative estimate of drug-likeness (QED) is 0.0261. The van der Waals surface area contributed by atoms with Crippen molar-refractivity contribution in [3.05, 3.63) is 134 Å². The maximum Gasteiger partial charge on any atom is 0.306 e. The van der Waals surface area contributed by atoms with Crippen molar-refractivity contribution in [3.63, 3.8) is 0 Å². The van der Waals surface area contributed by atoms with Crippen LogP contribution in [0.5, 0.6) is 0 Å². The SMILES string of the molecule is CC/C=C\C/C=C\C/C=C\C/C=C\C/C=C\C/C=C\C/C=C\C/C=C\CCCCCCCCCCCCC(=O)OCC(COC(=O)CCCCCCC)OC(=O)CCCCCCCCC/C=C\C/C=C\C/C=C\CC. The molecular weight excluding hydrogens is 925 g/mol. The second kappa shape index (κ2) is 62.1. The smallest absolute Gasteiger partial charge is 0.306 e. The third-order valence-electron chi connectivity index (χ3n) is 12.7. The lowest BCUT2D eigenvalue weighted by Crippen LogP contribution is -2.30. The summed E-state index contributed by atoms with van der Waals surface area (Å²) in [5.41, 5.74) is 0. The number of allylic oxidation sites excluding steroid dienone is 22. The van der Waals surface area contributed by atoms with Gasteiger partial charge < -0.3 is 14.2 Å². The summed E-state index contributed by atoms with van der Waals surface area (Å²) in [6.07, 6.45) is 87.9. The van der Waals surface area contributed by atoms with Gasteiger partial charge in [0, 0.05) is 19.3 Å². The van der Waals surface area contributed by atoms with Crippen molar-refractivity contribution in [1.82, 2.24) is 0 Å². The van der Waals surface area contributed by atoms with Gasteiger partial charge in [-0.2, -0.15) is 0 Å². The molecule has 6 nitrogen and oxygen atoms in total. The minimum absolute atomic E-state index is 0.0858. The molecule has 1 atom stereocenters. The predicted molar refractivity (Wildman–Crippen MR) is 325 cm³/mol. The topological polar surface area (TPSA) is 78.9 Å². The molecule has 0 spiro atoms. The monoisotopic (exact) mass is 1040 g/mol. The Morgan fingerprint density at radius 1 is 0.280 bits per heavy atom. The van der Waals surface area contributed by atoms with Gasteiger partial charge in [-0.1, -0.05) is 264 Å². The van der Waals surface area contributed by atoms with Crippen molar-refractivity contribution in [2.45, 2.75) is 271 Å². The molecule has 0 bridgehead atoms. The minimum Gasteiger partial charge on any atom is -0.462 e. The van der Waals surface area contributed by atoms with Crippen molar-refractivity contribution in [2.75, 3.05) is 13.2 Å². The Bertz CT molecular complexity index is 1620. The fraction of sp³-hybridized carbons (Fsp3) is 0.638. The van der Waals surface area contributed by atoms with Gasteiger partial charge in [-0.3, -0.25) is 14.4 Å². The van der Waals surface area contributed by atoms with Gasteiger partial charge in [0.25, 0.3) is 0 Å². The van der Waals surface area contributed by atoms with Crippen LogP contribution in [0.15, 0.2) is 134 Å². The first-order valence-corrected chi connectivity index (χ1v) is 30.7. The maximum atomic E-state index is 12.8. The summed E-state index contributed by atoms with van der Waals surface area (Å²) in [6.45, 7) is 6.32. The van der Waals surface area contributed by atoms with Gasteiger partial charge in [0.2, 0.25) is 0 Å². The number of carbonyl (C=O) groups excluding carboxylic acids is 3. The van der Waals surface area contributed by atoms with E-state index in [2.05, 4.69) is 154 Å². The van der Waals surface area contributed by atoms with E-state index in [4.69, 9.17) is 14.2 Å². The third-order valence-corrected chi connectivity index (χ3v) is 12.7. The van der Waals surface area contributed by atoms with Crippen LogP contribution in [-0.2, 0) is 28.6 Å². The Balaban J connectivity index is 4.05.